The van der Waals surface area contributed by atoms with Gasteiger partial charge < -0.3 is 0 Å². The first-order valence-corrected chi connectivity index (χ1v) is 8.38. The smallest absolute Gasteiger partial charge is 0.242 e. The number of H-pyrrole nitrogens is 1. The fourth-order valence-corrected chi connectivity index (χ4v) is 2.74. The molecule has 6 nitrogen and oxygen atoms in total. The highest BCUT2D eigenvalue weighted by Crippen LogP contribution is 2.25. The molecule has 0 unspecified atom stereocenters. The summed E-state index contributed by atoms with van der Waals surface area (Å²) in [5.41, 5.74) is 0.524. The lowest BCUT2D eigenvalue weighted by Gasteiger charge is -2.05. The molecule has 0 saturated carbocycles. The molecule has 0 fully saturated rings. The maximum atomic E-state index is 11.3. The third kappa shape index (κ3) is 3.72. The maximum Gasteiger partial charge on any atom is 0.242 e. The SMILES string of the molecule is O=S(=O)(CBr)Nc1ccc(Sc2ncn[nH]2)cc1. The molecular weight excluding hydrogens is 340 g/mol. The Labute approximate surface area is 117 Å². The number of nitrogens with one attached hydrogen (secondary N) is 2. The van der Waals surface area contributed by atoms with Crippen molar-refractivity contribution in [3.8, 4) is 0 Å². The Morgan fingerprint density at radius 3 is 2.61 bits per heavy atom. The number of anilines is 1. The molecule has 1 aromatic heterocycles. The summed E-state index contributed by atoms with van der Waals surface area (Å²) in [5, 5.41) is 7.16. The van der Waals surface area contributed by atoms with Gasteiger partial charge in [-0.1, -0.05) is 27.7 Å². The second-order valence-electron chi connectivity index (χ2n) is 3.24. The van der Waals surface area contributed by atoms with Crippen LogP contribution in [0.1, 0.15) is 0 Å². The van der Waals surface area contributed by atoms with Crippen molar-refractivity contribution in [1.82, 2.24) is 15.2 Å². The van der Waals surface area contributed by atoms with E-state index in [1.807, 2.05) is 0 Å². The van der Waals surface area contributed by atoms with E-state index in [9.17, 15) is 8.42 Å². The number of halogens is 1. The molecule has 0 aliphatic heterocycles. The molecule has 2 rings (SSSR count). The zero-order valence-electron chi connectivity index (χ0n) is 9.00. The van der Waals surface area contributed by atoms with E-state index in [2.05, 4.69) is 35.8 Å². The molecule has 0 aliphatic carbocycles. The number of rotatable bonds is 5. The highest BCUT2D eigenvalue weighted by Gasteiger charge is 2.07. The second-order valence-corrected chi connectivity index (χ2v) is 7.33. The summed E-state index contributed by atoms with van der Waals surface area (Å²) in [5.74, 6) is 0. The van der Waals surface area contributed by atoms with Crippen molar-refractivity contribution in [1.29, 1.82) is 0 Å². The zero-order valence-corrected chi connectivity index (χ0v) is 12.2. The van der Waals surface area contributed by atoms with Gasteiger partial charge in [0.15, 0.2) is 5.16 Å². The Morgan fingerprint density at radius 2 is 2.06 bits per heavy atom. The lowest BCUT2D eigenvalue weighted by atomic mass is 10.3. The van der Waals surface area contributed by atoms with Crippen LogP contribution in [0.15, 0.2) is 40.6 Å². The van der Waals surface area contributed by atoms with Crippen molar-refractivity contribution in [3.63, 3.8) is 0 Å². The number of hydrogen-bond acceptors (Lipinski definition) is 5. The average molecular weight is 349 g/mol. The lowest BCUT2D eigenvalue weighted by molar-refractivity contribution is 0.606. The van der Waals surface area contributed by atoms with Crippen molar-refractivity contribution < 1.29 is 8.42 Å². The topological polar surface area (TPSA) is 87.7 Å². The number of benzene rings is 1. The maximum absolute atomic E-state index is 11.3. The molecule has 0 bridgehead atoms. The summed E-state index contributed by atoms with van der Waals surface area (Å²) in [6, 6.07) is 7.00. The average Bonchev–Trinajstić information content (AvgIpc) is 2.84. The van der Waals surface area contributed by atoms with Crippen LogP contribution in [-0.2, 0) is 10.0 Å². The van der Waals surface area contributed by atoms with Crippen LogP contribution in [0.5, 0.6) is 0 Å². The van der Waals surface area contributed by atoms with E-state index in [4.69, 9.17) is 0 Å². The molecule has 2 N–H and O–H groups in total. The van der Waals surface area contributed by atoms with Crippen LogP contribution in [0.25, 0.3) is 0 Å². The van der Waals surface area contributed by atoms with E-state index in [1.165, 1.54) is 18.1 Å². The number of sulfonamides is 1. The predicted octanol–water partition coefficient (Wildman–Crippen LogP) is 2.05. The number of alkyl halides is 1. The second kappa shape index (κ2) is 5.72. The van der Waals surface area contributed by atoms with E-state index in [0.717, 1.165) is 4.90 Å². The standard InChI is InChI=1S/C9H9BrN4O2S2/c10-5-18(15,16)14-7-1-3-8(4-2-7)17-9-11-6-12-13-9/h1-4,6,14H,5H2,(H,11,12,13). The molecule has 2 aromatic rings. The third-order valence-electron chi connectivity index (χ3n) is 1.88. The summed E-state index contributed by atoms with van der Waals surface area (Å²) in [4.78, 5) is 4.92. The quantitative estimate of drug-likeness (QED) is 0.807. The Morgan fingerprint density at radius 1 is 1.33 bits per heavy atom. The molecule has 0 spiro atoms. The minimum Gasteiger partial charge on any atom is -0.283 e. The number of nitrogens with zero attached hydrogens (tertiary/aromatic N) is 2. The monoisotopic (exact) mass is 348 g/mol. The van der Waals surface area contributed by atoms with Crippen LogP contribution in [0.3, 0.4) is 0 Å². The summed E-state index contributed by atoms with van der Waals surface area (Å²) in [7, 11) is -3.30. The van der Waals surface area contributed by atoms with Gasteiger partial charge in [0.25, 0.3) is 0 Å². The van der Waals surface area contributed by atoms with E-state index in [0.29, 0.717) is 10.8 Å². The van der Waals surface area contributed by atoms with Gasteiger partial charge in [-0.05, 0) is 24.3 Å². The number of aromatic nitrogens is 3. The van der Waals surface area contributed by atoms with Gasteiger partial charge in [-0.2, -0.15) is 5.10 Å². The van der Waals surface area contributed by atoms with E-state index in [-0.39, 0.29) is 4.66 Å². The van der Waals surface area contributed by atoms with E-state index in [1.54, 1.807) is 24.3 Å². The Bertz CT molecular complexity index is 598. The predicted molar refractivity (Wildman–Crippen MR) is 73.3 cm³/mol. The molecule has 18 heavy (non-hydrogen) atoms. The van der Waals surface area contributed by atoms with Gasteiger partial charge in [0.05, 0.1) is 0 Å². The van der Waals surface area contributed by atoms with Crippen molar-refractivity contribution in [2.45, 2.75) is 10.1 Å². The third-order valence-corrected chi connectivity index (χ3v) is 5.42. The molecule has 1 heterocycles. The molecule has 0 radical (unpaired) electrons. The lowest BCUT2D eigenvalue weighted by Crippen LogP contribution is -2.12. The van der Waals surface area contributed by atoms with Gasteiger partial charge >= 0.3 is 0 Å². The molecule has 0 atom stereocenters. The summed E-state index contributed by atoms with van der Waals surface area (Å²) < 4.78 is 25.0. The summed E-state index contributed by atoms with van der Waals surface area (Å²) in [6.45, 7) is 0. The summed E-state index contributed by atoms with van der Waals surface area (Å²) in [6.07, 6.45) is 1.43. The van der Waals surface area contributed by atoms with Crippen LogP contribution in [0.4, 0.5) is 5.69 Å². The fraction of sp³-hybridized carbons (Fsp3) is 0.111. The summed E-state index contributed by atoms with van der Waals surface area (Å²) >= 11 is 4.32. The van der Waals surface area contributed by atoms with Crippen molar-refractivity contribution in [2.75, 3.05) is 9.38 Å². The first-order chi connectivity index (χ1) is 8.59. The fourth-order valence-electron chi connectivity index (χ4n) is 1.15. The van der Waals surface area contributed by atoms with Gasteiger partial charge in [-0.25, -0.2) is 13.4 Å². The van der Waals surface area contributed by atoms with E-state index < -0.39 is 10.0 Å². The largest absolute Gasteiger partial charge is 0.283 e. The first-order valence-electron chi connectivity index (χ1n) is 4.79. The van der Waals surface area contributed by atoms with Crippen LogP contribution >= 0.6 is 27.7 Å². The number of aromatic amines is 1. The Kier molecular flexibility index (Phi) is 4.25. The molecule has 0 saturated heterocycles. The molecule has 0 amide bonds. The zero-order chi connectivity index (χ0) is 13.0. The van der Waals surface area contributed by atoms with Crippen LogP contribution in [0, 0.1) is 0 Å². The minimum atomic E-state index is -3.30. The van der Waals surface area contributed by atoms with Crippen molar-refractivity contribution in [3.05, 3.63) is 30.6 Å². The van der Waals surface area contributed by atoms with Gasteiger partial charge in [-0.15, -0.1) is 0 Å². The van der Waals surface area contributed by atoms with Gasteiger partial charge in [0.1, 0.15) is 11.0 Å². The van der Waals surface area contributed by atoms with Gasteiger partial charge in [0, 0.05) is 10.6 Å². The van der Waals surface area contributed by atoms with Crippen LogP contribution < -0.4 is 4.72 Å². The highest BCUT2D eigenvalue weighted by molar-refractivity contribution is 9.10. The highest BCUT2D eigenvalue weighted by atomic mass is 79.9. The molecule has 1 aromatic carbocycles. The molecule has 9 heteroatoms. The van der Waals surface area contributed by atoms with Gasteiger partial charge in [-0.3, -0.25) is 9.82 Å². The molecule has 0 aliphatic rings. The van der Waals surface area contributed by atoms with Gasteiger partial charge in [0.2, 0.25) is 10.0 Å². The van der Waals surface area contributed by atoms with Crippen molar-refractivity contribution in [2.24, 2.45) is 0 Å². The molecular formula is C9H9BrN4O2S2. The van der Waals surface area contributed by atoms with Crippen molar-refractivity contribution >= 4 is 43.4 Å². The Balaban J connectivity index is 2.06. The first kappa shape index (κ1) is 13.4. The number of hydrogen-bond donors (Lipinski definition) is 2. The normalized spacial score (nSPS) is 11.4. The van der Waals surface area contributed by atoms with E-state index >= 15 is 0 Å². The van der Waals surface area contributed by atoms with Crippen LogP contribution in [0.2, 0.25) is 0 Å². The Hall–Kier alpha value is -1.06. The minimum absolute atomic E-state index is 0.130. The van der Waals surface area contributed by atoms with Crippen LogP contribution in [-0.4, -0.2) is 28.3 Å². The molecule has 96 valence electrons.